The zero-order chi connectivity index (χ0) is 9.26. The Kier molecular flexibility index (Phi) is 2.27. The Hall–Kier alpha value is -0.955. The second-order valence-electron chi connectivity index (χ2n) is 3.43. The van der Waals surface area contributed by atoms with Crippen molar-refractivity contribution in [1.82, 2.24) is 5.32 Å². The van der Waals surface area contributed by atoms with Crippen LogP contribution >= 0.6 is 0 Å². The fourth-order valence-corrected chi connectivity index (χ4v) is 1.50. The van der Waals surface area contributed by atoms with Crippen LogP contribution < -0.4 is 15.5 Å². The van der Waals surface area contributed by atoms with E-state index in [0.717, 1.165) is 24.3 Å². The molecule has 1 atom stereocenters. The van der Waals surface area contributed by atoms with Gasteiger partial charge in [-0.3, -0.25) is 0 Å². The summed E-state index contributed by atoms with van der Waals surface area (Å²) in [6, 6.07) is 5.80. The molecule has 1 heterocycles. The third-order valence-corrected chi connectivity index (χ3v) is 2.17. The van der Waals surface area contributed by atoms with E-state index < -0.39 is 0 Å². The SMILES string of the molecule is [B]c1ccc2c(c1)OC(C)CNC2. The molecule has 2 radical (unpaired) electrons. The Balaban J connectivity index is 2.35. The van der Waals surface area contributed by atoms with Crippen LogP contribution in [0.25, 0.3) is 0 Å². The first-order valence-corrected chi connectivity index (χ1v) is 4.51. The van der Waals surface area contributed by atoms with Crippen molar-refractivity contribution in [2.24, 2.45) is 0 Å². The van der Waals surface area contributed by atoms with Gasteiger partial charge >= 0.3 is 0 Å². The molecular formula is C10H12BNO. The lowest BCUT2D eigenvalue weighted by Gasteiger charge is -2.12. The van der Waals surface area contributed by atoms with Crippen LogP contribution in [0, 0.1) is 0 Å². The lowest BCUT2D eigenvalue weighted by molar-refractivity contribution is 0.226. The summed E-state index contributed by atoms with van der Waals surface area (Å²) in [6.45, 7) is 3.79. The first-order chi connectivity index (χ1) is 6.25. The highest BCUT2D eigenvalue weighted by Crippen LogP contribution is 2.19. The molecular weight excluding hydrogens is 161 g/mol. The normalized spacial score (nSPS) is 21.5. The molecule has 1 aromatic rings. The van der Waals surface area contributed by atoms with Gasteiger partial charge in [-0.05, 0) is 13.0 Å². The largest absolute Gasteiger partial charge is 0.489 e. The summed E-state index contributed by atoms with van der Waals surface area (Å²) in [7, 11) is 5.68. The quantitative estimate of drug-likeness (QED) is 0.571. The molecule has 0 spiro atoms. The maximum atomic E-state index is 5.70. The van der Waals surface area contributed by atoms with E-state index in [9.17, 15) is 0 Å². The third kappa shape index (κ3) is 1.86. The highest BCUT2D eigenvalue weighted by molar-refractivity contribution is 6.32. The van der Waals surface area contributed by atoms with Gasteiger partial charge in [0.25, 0.3) is 0 Å². The Morgan fingerprint density at radius 1 is 1.54 bits per heavy atom. The van der Waals surface area contributed by atoms with Crippen LogP contribution in [-0.4, -0.2) is 20.5 Å². The van der Waals surface area contributed by atoms with Crippen LogP contribution in [0.5, 0.6) is 5.75 Å². The highest BCUT2D eigenvalue weighted by Gasteiger charge is 2.12. The van der Waals surface area contributed by atoms with Gasteiger partial charge in [0.2, 0.25) is 0 Å². The van der Waals surface area contributed by atoms with E-state index >= 15 is 0 Å². The van der Waals surface area contributed by atoms with Gasteiger partial charge in [0.05, 0.1) is 0 Å². The average molecular weight is 173 g/mol. The van der Waals surface area contributed by atoms with Gasteiger partial charge < -0.3 is 10.1 Å². The van der Waals surface area contributed by atoms with Gasteiger partial charge in [-0.25, -0.2) is 0 Å². The second-order valence-corrected chi connectivity index (χ2v) is 3.43. The lowest BCUT2D eigenvalue weighted by Crippen LogP contribution is -2.25. The minimum absolute atomic E-state index is 0.211. The summed E-state index contributed by atoms with van der Waals surface area (Å²) >= 11 is 0. The van der Waals surface area contributed by atoms with Gasteiger partial charge in [0.15, 0.2) is 0 Å². The summed E-state index contributed by atoms with van der Waals surface area (Å²) < 4.78 is 5.70. The number of benzene rings is 1. The minimum atomic E-state index is 0.211. The van der Waals surface area contributed by atoms with Crippen LogP contribution in [-0.2, 0) is 6.54 Å². The summed E-state index contributed by atoms with van der Waals surface area (Å²) in [5, 5.41) is 3.31. The average Bonchev–Trinajstić information content (AvgIpc) is 2.25. The fraction of sp³-hybridized carbons (Fsp3) is 0.400. The van der Waals surface area contributed by atoms with Crippen molar-refractivity contribution in [2.75, 3.05) is 6.54 Å². The molecule has 1 aliphatic heterocycles. The van der Waals surface area contributed by atoms with E-state index in [1.54, 1.807) is 0 Å². The first kappa shape index (κ1) is 8.63. The van der Waals surface area contributed by atoms with Crippen molar-refractivity contribution >= 4 is 13.3 Å². The predicted molar refractivity (Wildman–Crippen MR) is 53.6 cm³/mol. The summed E-state index contributed by atoms with van der Waals surface area (Å²) in [6.07, 6.45) is 0.211. The van der Waals surface area contributed by atoms with E-state index in [1.165, 1.54) is 5.56 Å². The van der Waals surface area contributed by atoms with Gasteiger partial charge in [-0.2, -0.15) is 0 Å². The van der Waals surface area contributed by atoms with Gasteiger partial charge in [-0.1, -0.05) is 17.6 Å². The number of fused-ring (bicyclic) bond motifs is 1. The summed E-state index contributed by atoms with van der Waals surface area (Å²) in [5.41, 5.74) is 1.94. The van der Waals surface area contributed by atoms with E-state index in [1.807, 2.05) is 25.1 Å². The number of ether oxygens (including phenoxy) is 1. The second kappa shape index (κ2) is 3.42. The molecule has 13 heavy (non-hydrogen) atoms. The molecule has 0 aromatic heterocycles. The van der Waals surface area contributed by atoms with Gasteiger partial charge in [0, 0.05) is 18.7 Å². The summed E-state index contributed by atoms with van der Waals surface area (Å²) in [4.78, 5) is 0. The van der Waals surface area contributed by atoms with Crippen molar-refractivity contribution in [2.45, 2.75) is 19.6 Å². The van der Waals surface area contributed by atoms with Crippen LogP contribution in [0.2, 0.25) is 0 Å². The fourth-order valence-electron chi connectivity index (χ4n) is 1.50. The molecule has 1 aromatic carbocycles. The predicted octanol–water partition coefficient (Wildman–Crippen LogP) is 0.351. The molecule has 0 bridgehead atoms. The zero-order valence-electron chi connectivity index (χ0n) is 7.71. The monoisotopic (exact) mass is 173 g/mol. The van der Waals surface area contributed by atoms with Crippen LogP contribution in [0.15, 0.2) is 18.2 Å². The molecule has 3 heteroatoms. The lowest BCUT2D eigenvalue weighted by atomic mass is 9.94. The third-order valence-electron chi connectivity index (χ3n) is 2.17. The Morgan fingerprint density at radius 3 is 3.23 bits per heavy atom. The molecule has 2 rings (SSSR count). The van der Waals surface area contributed by atoms with Gasteiger partial charge in [0.1, 0.15) is 19.7 Å². The standard InChI is InChI=1S/C10H12BNO/c1-7-5-12-6-8-2-3-9(11)4-10(8)13-7/h2-4,7,12H,5-6H2,1H3. The van der Waals surface area contributed by atoms with E-state index in [0.29, 0.717) is 0 Å². The molecule has 1 unspecified atom stereocenters. The van der Waals surface area contributed by atoms with Crippen molar-refractivity contribution < 1.29 is 4.74 Å². The van der Waals surface area contributed by atoms with Crippen molar-refractivity contribution in [3.8, 4) is 5.75 Å². The van der Waals surface area contributed by atoms with Crippen LogP contribution in [0.3, 0.4) is 0 Å². The van der Waals surface area contributed by atoms with Crippen LogP contribution in [0.4, 0.5) is 0 Å². The Morgan fingerprint density at radius 2 is 2.38 bits per heavy atom. The van der Waals surface area contributed by atoms with E-state index in [4.69, 9.17) is 12.6 Å². The topological polar surface area (TPSA) is 21.3 Å². The number of rotatable bonds is 0. The maximum Gasteiger partial charge on any atom is 0.123 e. The van der Waals surface area contributed by atoms with Crippen molar-refractivity contribution in [1.29, 1.82) is 0 Å². The smallest absolute Gasteiger partial charge is 0.123 e. The zero-order valence-corrected chi connectivity index (χ0v) is 7.71. The molecule has 0 saturated carbocycles. The van der Waals surface area contributed by atoms with E-state index in [-0.39, 0.29) is 6.10 Å². The van der Waals surface area contributed by atoms with Crippen LogP contribution in [0.1, 0.15) is 12.5 Å². The molecule has 0 saturated heterocycles. The molecule has 0 aliphatic carbocycles. The highest BCUT2D eigenvalue weighted by atomic mass is 16.5. The number of hydrogen-bond acceptors (Lipinski definition) is 2. The maximum absolute atomic E-state index is 5.70. The van der Waals surface area contributed by atoms with E-state index in [2.05, 4.69) is 5.32 Å². The Bertz CT molecular complexity index is 314. The summed E-state index contributed by atoms with van der Waals surface area (Å²) in [5.74, 6) is 0.914. The minimum Gasteiger partial charge on any atom is -0.489 e. The molecule has 1 aliphatic rings. The molecule has 1 N–H and O–H groups in total. The van der Waals surface area contributed by atoms with Crippen molar-refractivity contribution in [3.63, 3.8) is 0 Å². The molecule has 0 amide bonds. The number of nitrogens with one attached hydrogen (secondary N) is 1. The number of hydrogen-bond donors (Lipinski definition) is 1. The van der Waals surface area contributed by atoms with Gasteiger partial charge in [-0.15, -0.1) is 0 Å². The first-order valence-electron chi connectivity index (χ1n) is 4.51. The molecule has 66 valence electrons. The Labute approximate surface area is 79.7 Å². The molecule has 2 nitrogen and oxygen atoms in total. The van der Waals surface area contributed by atoms with Crippen molar-refractivity contribution in [3.05, 3.63) is 23.8 Å². The molecule has 0 fully saturated rings.